The van der Waals surface area contributed by atoms with Crippen molar-refractivity contribution in [1.29, 1.82) is 0 Å². The van der Waals surface area contributed by atoms with Gasteiger partial charge in [0.25, 0.3) is 0 Å². The van der Waals surface area contributed by atoms with Gasteiger partial charge in [-0.05, 0) is 29.1 Å². The number of rotatable bonds is 3. The van der Waals surface area contributed by atoms with E-state index in [9.17, 15) is 0 Å². The van der Waals surface area contributed by atoms with Gasteiger partial charge in [0.15, 0.2) is 0 Å². The van der Waals surface area contributed by atoms with Crippen LogP contribution in [-0.2, 0) is 13.6 Å². The van der Waals surface area contributed by atoms with E-state index in [0.29, 0.717) is 6.54 Å². The lowest BCUT2D eigenvalue weighted by atomic mass is 10.3. The molecule has 0 aliphatic heterocycles. The molecule has 3 aromatic heterocycles. The van der Waals surface area contributed by atoms with Crippen molar-refractivity contribution in [2.45, 2.75) is 6.54 Å². The van der Waals surface area contributed by atoms with Gasteiger partial charge in [0, 0.05) is 13.2 Å². The standard InChI is InChI=1S/C11H10ClN5S/c1-17-7(2-4-14-17)6-13-9-8-3-5-18-10(8)16-11(12)15-9/h2-5H,6H2,1H3,(H,13,15,16). The SMILES string of the molecule is Cn1nccc1CNc1nc(Cl)nc2sccc12. The Morgan fingerprint density at radius 3 is 3.06 bits per heavy atom. The molecule has 7 heteroatoms. The molecule has 0 radical (unpaired) electrons. The molecule has 1 N–H and O–H groups in total. The van der Waals surface area contributed by atoms with Crippen molar-refractivity contribution in [2.75, 3.05) is 5.32 Å². The van der Waals surface area contributed by atoms with Gasteiger partial charge in [-0.1, -0.05) is 0 Å². The Morgan fingerprint density at radius 2 is 2.28 bits per heavy atom. The van der Waals surface area contributed by atoms with Gasteiger partial charge in [-0.3, -0.25) is 4.68 Å². The minimum atomic E-state index is 0.262. The summed E-state index contributed by atoms with van der Waals surface area (Å²) in [6.45, 7) is 0.648. The normalized spacial score (nSPS) is 11.0. The molecular formula is C11H10ClN5S. The van der Waals surface area contributed by atoms with Crippen LogP contribution in [0.4, 0.5) is 5.82 Å². The molecule has 0 aliphatic rings. The zero-order valence-electron chi connectivity index (χ0n) is 9.59. The molecule has 3 aromatic rings. The lowest BCUT2D eigenvalue weighted by Crippen LogP contribution is -2.07. The summed E-state index contributed by atoms with van der Waals surface area (Å²) in [5, 5.41) is 10.6. The highest BCUT2D eigenvalue weighted by molar-refractivity contribution is 7.16. The largest absolute Gasteiger partial charge is 0.364 e. The maximum absolute atomic E-state index is 5.90. The summed E-state index contributed by atoms with van der Waals surface area (Å²) in [6, 6.07) is 3.95. The third-order valence-corrected chi connectivity index (χ3v) is 3.63. The van der Waals surface area contributed by atoms with E-state index in [-0.39, 0.29) is 5.28 Å². The molecule has 0 aromatic carbocycles. The number of thiophene rings is 1. The molecule has 3 heterocycles. The minimum absolute atomic E-state index is 0.262. The van der Waals surface area contributed by atoms with Gasteiger partial charge in [0.1, 0.15) is 10.6 Å². The first-order chi connectivity index (χ1) is 8.74. The number of hydrogen-bond acceptors (Lipinski definition) is 5. The number of hydrogen-bond donors (Lipinski definition) is 1. The Balaban J connectivity index is 1.90. The second-order valence-electron chi connectivity index (χ2n) is 3.78. The van der Waals surface area contributed by atoms with Gasteiger partial charge in [-0.15, -0.1) is 11.3 Å². The molecule has 0 spiro atoms. The summed E-state index contributed by atoms with van der Waals surface area (Å²) < 4.78 is 1.82. The van der Waals surface area contributed by atoms with Crippen molar-refractivity contribution >= 4 is 39.0 Å². The molecule has 0 saturated carbocycles. The molecular weight excluding hydrogens is 270 g/mol. The predicted octanol–water partition coefficient (Wildman–Crippen LogP) is 2.69. The first-order valence-corrected chi connectivity index (χ1v) is 6.61. The molecule has 5 nitrogen and oxygen atoms in total. The Kier molecular flexibility index (Phi) is 2.89. The number of anilines is 1. The molecule has 92 valence electrons. The van der Waals surface area contributed by atoms with Crippen LogP contribution in [0.1, 0.15) is 5.69 Å². The summed E-state index contributed by atoms with van der Waals surface area (Å²) in [5.41, 5.74) is 1.08. The van der Waals surface area contributed by atoms with Crippen LogP contribution in [0, 0.1) is 0 Å². The smallest absolute Gasteiger partial charge is 0.225 e. The number of aromatic nitrogens is 4. The summed E-state index contributed by atoms with van der Waals surface area (Å²) >= 11 is 7.45. The van der Waals surface area contributed by atoms with Gasteiger partial charge in [0.2, 0.25) is 5.28 Å². The summed E-state index contributed by atoms with van der Waals surface area (Å²) in [5.74, 6) is 0.757. The molecule has 0 fully saturated rings. The van der Waals surface area contributed by atoms with E-state index in [0.717, 1.165) is 21.7 Å². The maximum atomic E-state index is 5.90. The van der Waals surface area contributed by atoms with Crippen molar-refractivity contribution in [2.24, 2.45) is 7.05 Å². The molecule has 18 heavy (non-hydrogen) atoms. The van der Waals surface area contributed by atoms with Crippen LogP contribution in [0.15, 0.2) is 23.7 Å². The minimum Gasteiger partial charge on any atom is -0.364 e. The van der Waals surface area contributed by atoms with Crippen LogP contribution in [0.3, 0.4) is 0 Å². The third-order valence-electron chi connectivity index (χ3n) is 2.66. The van der Waals surface area contributed by atoms with Crippen molar-refractivity contribution in [3.8, 4) is 0 Å². The average molecular weight is 280 g/mol. The fourth-order valence-electron chi connectivity index (χ4n) is 1.71. The summed E-state index contributed by atoms with van der Waals surface area (Å²) in [6.07, 6.45) is 1.77. The van der Waals surface area contributed by atoms with Crippen molar-refractivity contribution < 1.29 is 0 Å². The van der Waals surface area contributed by atoms with E-state index in [1.807, 2.05) is 29.2 Å². The van der Waals surface area contributed by atoms with Gasteiger partial charge < -0.3 is 5.32 Å². The van der Waals surface area contributed by atoms with Crippen LogP contribution in [0.5, 0.6) is 0 Å². The number of halogens is 1. The van der Waals surface area contributed by atoms with E-state index in [1.165, 1.54) is 0 Å². The van der Waals surface area contributed by atoms with Crippen molar-refractivity contribution in [1.82, 2.24) is 19.7 Å². The Labute approximate surface area is 112 Å². The summed E-state index contributed by atoms with van der Waals surface area (Å²) in [7, 11) is 1.91. The number of nitrogens with one attached hydrogen (secondary N) is 1. The molecule has 0 atom stereocenters. The van der Waals surface area contributed by atoms with Crippen LogP contribution >= 0.6 is 22.9 Å². The first kappa shape index (κ1) is 11.4. The first-order valence-electron chi connectivity index (χ1n) is 5.35. The van der Waals surface area contributed by atoms with Crippen molar-refractivity contribution in [3.05, 3.63) is 34.7 Å². The van der Waals surface area contributed by atoms with E-state index >= 15 is 0 Å². The van der Waals surface area contributed by atoms with Gasteiger partial charge in [-0.25, -0.2) is 9.97 Å². The molecule has 0 aliphatic carbocycles. The fourth-order valence-corrected chi connectivity index (χ4v) is 2.70. The van der Waals surface area contributed by atoms with E-state index in [2.05, 4.69) is 20.4 Å². The van der Waals surface area contributed by atoms with Gasteiger partial charge in [-0.2, -0.15) is 5.10 Å². The number of nitrogens with zero attached hydrogens (tertiary/aromatic N) is 4. The Morgan fingerprint density at radius 1 is 1.39 bits per heavy atom. The lowest BCUT2D eigenvalue weighted by molar-refractivity contribution is 0.720. The van der Waals surface area contributed by atoms with Crippen LogP contribution in [0.2, 0.25) is 5.28 Å². The number of fused-ring (bicyclic) bond motifs is 1. The molecule has 0 bridgehead atoms. The predicted molar refractivity (Wildman–Crippen MR) is 73.0 cm³/mol. The molecule has 0 unspecified atom stereocenters. The quantitative estimate of drug-likeness (QED) is 0.749. The third kappa shape index (κ3) is 2.04. The zero-order chi connectivity index (χ0) is 12.5. The van der Waals surface area contributed by atoms with E-state index < -0.39 is 0 Å². The molecule has 0 saturated heterocycles. The molecule has 3 rings (SSSR count). The topological polar surface area (TPSA) is 55.6 Å². The van der Waals surface area contributed by atoms with E-state index in [1.54, 1.807) is 17.5 Å². The second kappa shape index (κ2) is 4.55. The lowest BCUT2D eigenvalue weighted by Gasteiger charge is -2.07. The van der Waals surface area contributed by atoms with Crippen LogP contribution in [0.25, 0.3) is 10.2 Å². The fraction of sp³-hybridized carbons (Fsp3) is 0.182. The van der Waals surface area contributed by atoms with E-state index in [4.69, 9.17) is 11.6 Å². The van der Waals surface area contributed by atoms with Gasteiger partial charge >= 0.3 is 0 Å². The highest BCUT2D eigenvalue weighted by atomic mass is 35.5. The zero-order valence-corrected chi connectivity index (χ0v) is 11.2. The molecule has 0 amide bonds. The highest BCUT2D eigenvalue weighted by Gasteiger charge is 2.08. The summed E-state index contributed by atoms with van der Waals surface area (Å²) in [4.78, 5) is 9.29. The van der Waals surface area contributed by atoms with Crippen molar-refractivity contribution in [3.63, 3.8) is 0 Å². The van der Waals surface area contributed by atoms with Crippen LogP contribution in [-0.4, -0.2) is 19.7 Å². The number of aryl methyl sites for hydroxylation is 1. The second-order valence-corrected chi connectivity index (χ2v) is 5.01. The average Bonchev–Trinajstić information content (AvgIpc) is 2.94. The maximum Gasteiger partial charge on any atom is 0.225 e. The monoisotopic (exact) mass is 279 g/mol. The van der Waals surface area contributed by atoms with Gasteiger partial charge in [0.05, 0.1) is 17.6 Å². The Bertz CT molecular complexity index is 690. The Hall–Kier alpha value is -1.66. The highest BCUT2D eigenvalue weighted by Crippen LogP contribution is 2.26. The van der Waals surface area contributed by atoms with Crippen LogP contribution < -0.4 is 5.32 Å².